The summed E-state index contributed by atoms with van der Waals surface area (Å²) in [5, 5.41) is 10.3. The minimum absolute atomic E-state index is 0.0856. The molecule has 0 saturated heterocycles. The van der Waals surface area contributed by atoms with Crippen LogP contribution in [0.3, 0.4) is 0 Å². The third-order valence-corrected chi connectivity index (χ3v) is 5.15. The Morgan fingerprint density at radius 2 is 2.05 bits per heavy atom. The molecule has 2 heterocycles. The predicted molar refractivity (Wildman–Crippen MR) is 91.0 cm³/mol. The minimum Gasteiger partial charge on any atom is -0.481 e. The molecular weight excluding hydrogens is 340 g/mol. The monoisotopic (exact) mass is 350 g/mol. The molecule has 0 aliphatic carbocycles. The van der Waals surface area contributed by atoms with Gasteiger partial charge in [0.05, 0.1) is 11.1 Å². The minimum atomic E-state index is -0.905. The average Bonchev–Trinajstić information content (AvgIpc) is 2.82. The van der Waals surface area contributed by atoms with Crippen LogP contribution in [-0.2, 0) is 4.79 Å². The molecule has 0 radical (unpaired) electrons. The molecule has 0 amide bonds. The van der Waals surface area contributed by atoms with Gasteiger partial charge in [-0.3, -0.25) is 4.79 Å². The SMILES string of the molecule is Cc1sc2nc(SCC(=O)O)nc(Cl)c2c1-c1ccccc1. The van der Waals surface area contributed by atoms with Crippen molar-refractivity contribution in [2.24, 2.45) is 0 Å². The van der Waals surface area contributed by atoms with Crippen LogP contribution in [0.25, 0.3) is 21.3 Å². The first-order chi connectivity index (χ1) is 10.6. The van der Waals surface area contributed by atoms with Crippen molar-refractivity contribution in [1.29, 1.82) is 0 Å². The van der Waals surface area contributed by atoms with Crippen LogP contribution < -0.4 is 0 Å². The van der Waals surface area contributed by atoms with Gasteiger partial charge in [-0.15, -0.1) is 11.3 Å². The number of aromatic nitrogens is 2. The molecular formula is C15H11ClN2O2S2. The zero-order chi connectivity index (χ0) is 15.7. The number of rotatable bonds is 4. The smallest absolute Gasteiger partial charge is 0.313 e. The first kappa shape index (κ1) is 15.3. The largest absolute Gasteiger partial charge is 0.481 e. The first-order valence-corrected chi connectivity index (χ1v) is 8.61. The van der Waals surface area contributed by atoms with Crippen molar-refractivity contribution in [3.8, 4) is 11.1 Å². The molecule has 0 bridgehead atoms. The van der Waals surface area contributed by atoms with Crippen molar-refractivity contribution in [1.82, 2.24) is 9.97 Å². The van der Waals surface area contributed by atoms with Crippen LogP contribution in [0.1, 0.15) is 4.88 Å². The normalized spacial score (nSPS) is 11.0. The van der Waals surface area contributed by atoms with Crippen molar-refractivity contribution in [2.75, 3.05) is 5.75 Å². The molecule has 0 saturated carbocycles. The summed E-state index contributed by atoms with van der Waals surface area (Å²) in [5.41, 5.74) is 2.11. The summed E-state index contributed by atoms with van der Waals surface area (Å²) in [5.74, 6) is -0.991. The van der Waals surface area contributed by atoms with E-state index in [0.717, 1.165) is 38.0 Å². The van der Waals surface area contributed by atoms with Gasteiger partial charge in [0, 0.05) is 10.4 Å². The van der Waals surface area contributed by atoms with Gasteiger partial charge in [0.25, 0.3) is 0 Å². The summed E-state index contributed by atoms with van der Waals surface area (Å²) in [6.07, 6.45) is 0. The van der Waals surface area contributed by atoms with Gasteiger partial charge >= 0.3 is 5.97 Å². The second-order valence-corrected chi connectivity index (χ2v) is 7.06. The molecule has 0 aliphatic rings. The highest BCUT2D eigenvalue weighted by atomic mass is 35.5. The zero-order valence-corrected chi connectivity index (χ0v) is 13.9. The van der Waals surface area contributed by atoms with Crippen molar-refractivity contribution in [3.63, 3.8) is 0 Å². The molecule has 3 aromatic rings. The molecule has 0 fully saturated rings. The van der Waals surface area contributed by atoms with Crippen molar-refractivity contribution < 1.29 is 9.90 Å². The van der Waals surface area contributed by atoms with E-state index < -0.39 is 5.97 Å². The molecule has 1 N–H and O–H groups in total. The van der Waals surface area contributed by atoms with Gasteiger partial charge in [0.1, 0.15) is 9.98 Å². The number of aliphatic carboxylic acids is 1. The van der Waals surface area contributed by atoms with E-state index in [2.05, 4.69) is 9.97 Å². The van der Waals surface area contributed by atoms with Gasteiger partial charge in [0.15, 0.2) is 5.16 Å². The summed E-state index contributed by atoms with van der Waals surface area (Å²) in [6, 6.07) is 9.97. The van der Waals surface area contributed by atoms with E-state index in [4.69, 9.17) is 16.7 Å². The fraction of sp³-hybridized carbons (Fsp3) is 0.133. The number of aryl methyl sites for hydroxylation is 1. The molecule has 1 aromatic carbocycles. The van der Waals surface area contributed by atoms with Crippen LogP contribution in [0, 0.1) is 6.92 Å². The van der Waals surface area contributed by atoms with Gasteiger partial charge in [-0.25, -0.2) is 9.97 Å². The number of halogens is 1. The zero-order valence-electron chi connectivity index (χ0n) is 11.5. The van der Waals surface area contributed by atoms with Crippen LogP contribution in [0.4, 0.5) is 0 Å². The Labute approximate surface area is 140 Å². The molecule has 3 rings (SSSR count). The lowest BCUT2D eigenvalue weighted by Gasteiger charge is -2.04. The van der Waals surface area contributed by atoms with Crippen LogP contribution in [-0.4, -0.2) is 26.8 Å². The van der Waals surface area contributed by atoms with Gasteiger partial charge in [-0.05, 0) is 12.5 Å². The highest BCUT2D eigenvalue weighted by Crippen LogP contribution is 2.41. The molecule has 0 atom stereocenters. The number of carboxylic acids is 1. The average molecular weight is 351 g/mol. The Morgan fingerprint density at radius 1 is 1.32 bits per heavy atom. The molecule has 22 heavy (non-hydrogen) atoms. The van der Waals surface area contributed by atoms with E-state index in [0.29, 0.717) is 10.3 Å². The van der Waals surface area contributed by atoms with E-state index in [9.17, 15) is 4.79 Å². The molecule has 7 heteroatoms. The van der Waals surface area contributed by atoms with Gasteiger partial charge in [-0.2, -0.15) is 0 Å². The third kappa shape index (κ3) is 2.95. The van der Waals surface area contributed by atoms with Gasteiger partial charge in [-0.1, -0.05) is 53.7 Å². The fourth-order valence-corrected chi connectivity index (χ4v) is 4.23. The Hall–Kier alpha value is -1.63. The van der Waals surface area contributed by atoms with Crippen LogP contribution >= 0.6 is 34.7 Å². The molecule has 4 nitrogen and oxygen atoms in total. The number of carbonyl (C=O) groups is 1. The van der Waals surface area contributed by atoms with Crippen molar-refractivity contribution in [2.45, 2.75) is 12.1 Å². The summed E-state index contributed by atoms with van der Waals surface area (Å²) in [4.78, 5) is 21.2. The van der Waals surface area contributed by atoms with E-state index >= 15 is 0 Å². The Balaban J connectivity index is 2.13. The predicted octanol–water partition coefficient (Wildman–Crippen LogP) is 4.50. The van der Waals surface area contributed by atoms with Crippen LogP contribution in [0.5, 0.6) is 0 Å². The number of hydrogen-bond donors (Lipinski definition) is 1. The maximum absolute atomic E-state index is 10.7. The van der Waals surface area contributed by atoms with Crippen LogP contribution in [0.15, 0.2) is 35.5 Å². The standard InChI is InChI=1S/C15H11ClN2O2S2/c1-8-11(9-5-3-2-4-6-9)12-13(16)17-15(18-14(12)22-8)21-7-10(19)20/h2-6H,7H2,1H3,(H,19,20). The molecule has 0 aliphatic heterocycles. The first-order valence-electron chi connectivity index (χ1n) is 6.43. The van der Waals surface area contributed by atoms with Crippen molar-refractivity contribution in [3.05, 3.63) is 40.4 Å². The summed E-state index contributed by atoms with van der Waals surface area (Å²) in [7, 11) is 0. The maximum atomic E-state index is 10.7. The quantitative estimate of drug-likeness (QED) is 0.426. The summed E-state index contributed by atoms with van der Waals surface area (Å²) >= 11 is 8.95. The highest BCUT2D eigenvalue weighted by molar-refractivity contribution is 7.99. The second kappa shape index (κ2) is 6.24. The van der Waals surface area contributed by atoms with E-state index in [1.165, 1.54) is 11.3 Å². The lowest BCUT2D eigenvalue weighted by Crippen LogP contribution is -1.99. The molecule has 2 aromatic heterocycles. The fourth-order valence-electron chi connectivity index (χ4n) is 2.20. The number of nitrogens with zero attached hydrogens (tertiary/aromatic N) is 2. The second-order valence-electron chi connectivity index (χ2n) is 4.56. The van der Waals surface area contributed by atoms with E-state index in [1.54, 1.807) is 0 Å². The lowest BCUT2D eigenvalue weighted by molar-refractivity contribution is -0.133. The number of benzene rings is 1. The lowest BCUT2D eigenvalue weighted by atomic mass is 10.0. The Morgan fingerprint density at radius 3 is 2.73 bits per heavy atom. The van der Waals surface area contributed by atoms with Crippen molar-refractivity contribution >= 4 is 50.9 Å². The van der Waals surface area contributed by atoms with E-state index in [-0.39, 0.29) is 5.75 Å². The van der Waals surface area contributed by atoms with E-state index in [1.807, 2.05) is 37.3 Å². The highest BCUT2D eigenvalue weighted by Gasteiger charge is 2.17. The van der Waals surface area contributed by atoms with Gasteiger partial charge in [0.2, 0.25) is 0 Å². The number of hydrogen-bond acceptors (Lipinski definition) is 5. The molecule has 0 spiro atoms. The topological polar surface area (TPSA) is 63.1 Å². The number of thiophene rings is 1. The summed E-state index contributed by atoms with van der Waals surface area (Å²) < 4.78 is 0. The maximum Gasteiger partial charge on any atom is 0.313 e. The Kier molecular flexibility index (Phi) is 4.33. The molecule has 0 unspecified atom stereocenters. The number of carboxylic acid groups (broad SMARTS) is 1. The Bertz CT molecular complexity index is 850. The van der Waals surface area contributed by atoms with Gasteiger partial charge < -0.3 is 5.11 Å². The number of thioether (sulfide) groups is 1. The molecule has 112 valence electrons. The number of fused-ring (bicyclic) bond motifs is 1. The summed E-state index contributed by atoms with van der Waals surface area (Å²) in [6.45, 7) is 2.02. The van der Waals surface area contributed by atoms with Crippen LogP contribution in [0.2, 0.25) is 5.15 Å². The third-order valence-electron chi connectivity index (χ3n) is 3.05.